The van der Waals surface area contributed by atoms with E-state index < -0.39 is 6.10 Å². The average Bonchev–Trinajstić information content (AvgIpc) is 3.19. The fourth-order valence-corrected chi connectivity index (χ4v) is 3.71. The van der Waals surface area contributed by atoms with Crippen molar-refractivity contribution in [2.75, 3.05) is 17.7 Å². The Morgan fingerprint density at radius 1 is 1.42 bits per heavy atom. The molecule has 1 aromatic heterocycles. The smallest absolute Gasteiger partial charge is 0.316 e. The highest BCUT2D eigenvalue weighted by Gasteiger charge is 2.29. The van der Waals surface area contributed by atoms with E-state index in [2.05, 4.69) is 15.5 Å². The van der Waals surface area contributed by atoms with Gasteiger partial charge in [-0.3, -0.25) is 14.9 Å². The van der Waals surface area contributed by atoms with Crippen LogP contribution in [0.1, 0.15) is 12.5 Å². The Kier molecular flexibility index (Phi) is 5.31. The van der Waals surface area contributed by atoms with Crippen LogP contribution in [0.4, 0.5) is 5.13 Å². The maximum Gasteiger partial charge on any atom is 0.316 e. The molecule has 1 aliphatic rings. The average molecular weight is 365 g/mol. The normalized spacial score (nSPS) is 15.5. The first-order chi connectivity index (χ1) is 11.7. The van der Waals surface area contributed by atoms with Crippen LogP contribution in [0.3, 0.4) is 0 Å². The number of nitrogens with one attached hydrogen (secondary N) is 1. The van der Waals surface area contributed by atoms with Crippen LogP contribution in [-0.4, -0.2) is 40.5 Å². The summed E-state index contributed by atoms with van der Waals surface area (Å²) in [5.41, 5.74) is 1.01. The highest BCUT2D eigenvalue weighted by molar-refractivity contribution is 8.01. The quantitative estimate of drug-likeness (QED) is 0.476. The summed E-state index contributed by atoms with van der Waals surface area (Å²) >= 11 is 2.44. The van der Waals surface area contributed by atoms with Crippen molar-refractivity contribution in [1.29, 1.82) is 0 Å². The van der Waals surface area contributed by atoms with E-state index in [9.17, 15) is 9.59 Å². The summed E-state index contributed by atoms with van der Waals surface area (Å²) < 4.78 is 11.1. The molecule has 3 rings (SSSR count). The second-order valence-corrected chi connectivity index (χ2v) is 7.07. The second-order valence-electron chi connectivity index (χ2n) is 4.87. The predicted molar refractivity (Wildman–Crippen MR) is 90.5 cm³/mol. The second kappa shape index (κ2) is 7.63. The van der Waals surface area contributed by atoms with Gasteiger partial charge in [0, 0.05) is 6.42 Å². The Bertz CT molecular complexity index is 725. The molecular weight excluding hydrogens is 350 g/mol. The molecule has 9 heteroatoms. The predicted octanol–water partition coefficient (Wildman–Crippen LogP) is 2.14. The van der Waals surface area contributed by atoms with Crippen LogP contribution in [0, 0.1) is 0 Å². The fourth-order valence-electron chi connectivity index (χ4n) is 2.16. The van der Waals surface area contributed by atoms with Gasteiger partial charge in [-0.25, -0.2) is 0 Å². The van der Waals surface area contributed by atoms with Crippen LogP contribution in [0.5, 0.6) is 5.75 Å². The summed E-state index contributed by atoms with van der Waals surface area (Å²) in [6.45, 7) is 2.10. The summed E-state index contributed by atoms with van der Waals surface area (Å²) in [7, 11) is 0. The molecule has 0 aliphatic carbocycles. The zero-order valence-electron chi connectivity index (χ0n) is 12.9. The number of rotatable bonds is 6. The van der Waals surface area contributed by atoms with E-state index in [1.807, 2.05) is 24.3 Å². The Morgan fingerprint density at radius 3 is 3.04 bits per heavy atom. The lowest BCUT2D eigenvalue weighted by molar-refractivity contribution is -0.139. The van der Waals surface area contributed by atoms with Crippen molar-refractivity contribution in [3.05, 3.63) is 29.8 Å². The summed E-state index contributed by atoms with van der Waals surface area (Å²) in [5, 5.41) is 10.9. The number of hydrogen-bond acceptors (Lipinski definition) is 8. The molecular formula is C15H15N3O4S2. The Morgan fingerprint density at radius 2 is 2.25 bits per heavy atom. The molecule has 0 spiro atoms. The van der Waals surface area contributed by atoms with Gasteiger partial charge in [0.1, 0.15) is 5.75 Å². The van der Waals surface area contributed by atoms with Crippen molar-refractivity contribution in [3.8, 4) is 5.75 Å². The third-order valence-electron chi connectivity index (χ3n) is 3.19. The molecule has 1 N–H and O–H groups in total. The van der Waals surface area contributed by atoms with E-state index >= 15 is 0 Å². The fraction of sp³-hybridized carbons (Fsp3) is 0.333. The van der Waals surface area contributed by atoms with Gasteiger partial charge in [-0.2, -0.15) is 0 Å². The van der Waals surface area contributed by atoms with Crippen molar-refractivity contribution in [3.63, 3.8) is 0 Å². The molecule has 2 aromatic rings. The summed E-state index contributed by atoms with van der Waals surface area (Å²) in [6, 6.07) is 7.58. The molecule has 0 saturated heterocycles. The molecule has 0 fully saturated rings. The minimum Gasteiger partial charge on any atom is -0.480 e. The summed E-state index contributed by atoms with van der Waals surface area (Å²) in [4.78, 5) is 23.6. The maximum atomic E-state index is 12.3. The Hall–Kier alpha value is -2.13. The number of carbonyl (C=O) groups excluding carboxylic acids is 2. The summed E-state index contributed by atoms with van der Waals surface area (Å²) in [6.07, 6.45) is -0.0346. The molecule has 1 aromatic carbocycles. The molecule has 1 aliphatic heterocycles. The summed E-state index contributed by atoms with van der Waals surface area (Å²) in [5.74, 6) is 0.336. The van der Waals surface area contributed by atoms with Gasteiger partial charge in [0.05, 0.1) is 12.4 Å². The molecule has 24 heavy (non-hydrogen) atoms. The maximum absolute atomic E-state index is 12.3. The van der Waals surface area contributed by atoms with Gasteiger partial charge in [-0.15, -0.1) is 10.2 Å². The lowest BCUT2D eigenvalue weighted by Gasteiger charge is -2.08. The molecule has 1 atom stereocenters. The molecule has 0 unspecified atom stereocenters. The monoisotopic (exact) mass is 365 g/mol. The van der Waals surface area contributed by atoms with Crippen LogP contribution in [0.2, 0.25) is 0 Å². The Balaban J connectivity index is 1.52. The first-order valence-corrected chi connectivity index (χ1v) is 9.13. The number of fused-ring (bicyclic) bond motifs is 1. The molecule has 126 valence electrons. The minimum atomic E-state index is -0.568. The SMILES string of the molecule is CCOC(=O)CSc1nnc(NC(=O)[C@@H]2Cc3ccccc3O2)s1. The van der Waals surface area contributed by atoms with Crippen molar-refractivity contribution >= 4 is 40.1 Å². The number of nitrogens with zero attached hydrogens (tertiary/aromatic N) is 2. The number of ether oxygens (including phenoxy) is 2. The minimum absolute atomic E-state index is 0.164. The molecule has 0 radical (unpaired) electrons. The number of aromatic nitrogens is 2. The third kappa shape index (κ3) is 4.04. The zero-order valence-corrected chi connectivity index (χ0v) is 14.5. The highest BCUT2D eigenvalue weighted by atomic mass is 32.2. The van der Waals surface area contributed by atoms with Gasteiger partial charge in [0.2, 0.25) is 5.13 Å². The number of thioether (sulfide) groups is 1. The first kappa shape index (κ1) is 16.7. The standard InChI is InChI=1S/C15H15N3O4S2/c1-2-21-12(19)8-23-15-18-17-14(24-15)16-13(20)11-7-9-5-3-4-6-10(9)22-11/h3-6,11H,2,7-8H2,1H3,(H,16,17,20)/t11-/m0/s1. The number of anilines is 1. The number of amides is 1. The number of para-hydroxylation sites is 1. The molecule has 0 saturated carbocycles. The van der Waals surface area contributed by atoms with E-state index in [1.54, 1.807) is 6.92 Å². The van der Waals surface area contributed by atoms with E-state index in [-0.39, 0.29) is 17.6 Å². The lowest BCUT2D eigenvalue weighted by Crippen LogP contribution is -2.31. The largest absolute Gasteiger partial charge is 0.480 e. The van der Waals surface area contributed by atoms with Crippen molar-refractivity contribution < 1.29 is 19.1 Å². The van der Waals surface area contributed by atoms with Crippen molar-refractivity contribution in [2.45, 2.75) is 23.8 Å². The van der Waals surface area contributed by atoms with Crippen LogP contribution >= 0.6 is 23.1 Å². The Labute approximate surface area is 146 Å². The van der Waals surface area contributed by atoms with E-state index in [0.717, 1.165) is 11.3 Å². The topological polar surface area (TPSA) is 90.4 Å². The van der Waals surface area contributed by atoms with Gasteiger partial charge < -0.3 is 9.47 Å². The van der Waals surface area contributed by atoms with Crippen LogP contribution in [-0.2, 0) is 20.7 Å². The van der Waals surface area contributed by atoms with Crippen LogP contribution in [0.25, 0.3) is 0 Å². The number of hydrogen-bond donors (Lipinski definition) is 1. The number of esters is 1. The van der Waals surface area contributed by atoms with Gasteiger partial charge >= 0.3 is 5.97 Å². The van der Waals surface area contributed by atoms with E-state index in [0.29, 0.717) is 22.5 Å². The van der Waals surface area contributed by atoms with Crippen molar-refractivity contribution in [1.82, 2.24) is 10.2 Å². The van der Waals surface area contributed by atoms with Gasteiger partial charge in [-0.05, 0) is 18.6 Å². The van der Waals surface area contributed by atoms with Crippen molar-refractivity contribution in [2.24, 2.45) is 0 Å². The molecule has 1 amide bonds. The van der Waals surface area contributed by atoms with Crippen LogP contribution in [0.15, 0.2) is 28.6 Å². The molecule has 2 heterocycles. The van der Waals surface area contributed by atoms with E-state index in [4.69, 9.17) is 9.47 Å². The van der Waals surface area contributed by atoms with Gasteiger partial charge in [0.25, 0.3) is 5.91 Å². The van der Waals surface area contributed by atoms with E-state index in [1.165, 1.54) is 23.1 Å². The molecule has 0 bridgehead atoms. The van der Waals surface area contributed by atoms with Crippen LogP contribution < -0.4 is 10.1 Å². The lowest BCUT2D eigenvalue weighted by atomic mass is 10.1. The number of benzene rings is 1. The number of carbonyl (C=O) groups is 2. The molecule has 7 nitrogen and oxygen atoms in total. The van der Waals surface area contributed by atoms with Gasteiger partial charge in [0.15, 0.2) is 10.4 Å². The van der Waals surface area contributed by atoms with Gasteiger partial charge in [-0.1, -0.05) is 41.3 Å². The zero-order chi connectivity index (χ0) is 16.9. The third-order valence-corrected chi connectivity index (χ3v) is 5.14. The first-order valence-electron chi connectivity index (χ1n) is 7.33. The highest BCUT2D eigenvalue weighted by Crippen LogP contribution is 2.30.